The van der Waals surface area contributed by atoms with Crippen molar-refractivity contribution in [3.05, 3.63) is 54.1 Å². The first-order chi connectivity index (χ1) is 7.77. The van der Waals surface area contributed by atoms with Gasteiger partial charge >= 0.3 is 0 Å². The first kappa shape index (κ1) is 12.4. The van der Waals surface area contributed by atoms with Crippen molar-refractivity contribution in [1.82, 2.24) is 0 Å². The van der Waals surface area contributed by atoms with Crippen LogP contribution in [0.3, 0.4) is 0 Å². The SMILES string of the molecule is CC.FC(F)=Cc1cccc2ccccc12. The van der Waals surface area contributed by atoms with Crippen LogP contribution < -0.4 is 0 Å². The van der Waals surface area contributed by atoms with E-state index in [1.807, 2.05) is 44.2 Å². The Balaban J connectivity index is 0.000000606. The van der Waals surface area contributed by atoms with Gasteiger partial charge in [0.15, 0.2) is 0 Å². The molecule has 0 atom stereocenters. The van der Waals surface area contributed by atoms with E-state index in [9.17, 15) is 8.78 Å². The molecule has 0 unspecified atom stereocenters. The van der Waals surface area contributed by atoms with Crippen molar-refractivity contribution in [2.45, 2.75) is 13.8 Å². The molecule has 0 aliphatic heterocycles. The van der Waals surface area contributed by atoms with Crippen molar-refractivity contribution in [3.63, 3.8) is 0 Å². The third-order valence-electron chi connectivity index (χ3n) is 2.09. The molecule has 0 saturated carbocycles. The van der Waals surface area contributed by atoms with Crippen LogP contribution in [-0.2, 0) is 0 Å². The van der Waals surface area contributed by atoms with Crippen LogP contribution in [0.4, 0.5) is 8.78 Å². The molecule has 0 amide bonds. The predicted octanol–water partition coefficient (Wildman–Crippen LogP) is 5.10. The standard InChI is InChI=1S/C12H8F2.C2H6/c13-12(14)8-10-6-3-5-9-4-1-2-7-11(9)10;1-2/h1-8H;1-2H3. The zero-order chi connectivity index (χ0) is 12.0. The second-order valence-corrected chi connectivity index (χ2v) is 3.00. The molecule has 16 heavy (non-hydrogen) atoms. The largest absolute Gasteiger partial charge is 0.270 e. The van der Waals surface area contributed by atoms with Gasteiger partial charge in [-0.05, 0) is 16.3 Å². The van der Waals surface area contributed by atoms with Crippen LogP contribution in [0.5, 0.6) is 0 Å². The molecule has 84 valence electrons. The summed E-state index contributed by atoms with van der Waals surface area (Å²) in [7, 11) is 0. The van der Waals surface area contributed by atoms with Crippen molar-refractivity contribution in [2.75, 3.05) is 0 Å². The van der Waals surface area contributed by atoms with Crippen molar-refractivity contribution in [1.29, 1.82) is 0 Å². The van der Waals surface area contributed by atoms with Crippen LogP contribution in [-0.4, -0.2) is 0 Å². The quantitative estimate of drug-likeness (QED) is 0.627. The molecular formula is C14H14F2. The number of rotatable bonds is 1. The normalized spacial score (nSPS) is 9.25. The summed E-state index contributed by atoms with van der Waals surface area (Å²) in [6.45, 7) is 4.00. The summed E-state index contributed by atoms with van der Waals surface area (Å²) in [4.78, 5) is 0. The molecule has 0 aromatic heterocycles. The highest BCUT2D eigenvalue weighted by molar-refractivity contribution is 5.90. The monoisotopic (exact) mass is 220 g/mol. The number of hydrogen-bond acceptors (Lipinski definition) is 0. The van der Waals surface area contributed by atoms with E-state index in [1.165, 1.54) is 0 Å². The highest BCUT2D eigenvalue weighted by atomic mass is 19.3. The minimum absolute atomic E-state index is 0.558. The van der Waals surface area contributed by atoms with Crippen LogP contribution in [0.15, 0.2) is 48.5 Å². The van der Waals surface area contributed by atoms with Crippen LogP contribution in [0.2, 0.25) is 0 Å². The topological polar surface area (TPSA) is 0 Å². The lowest BCUT2D eigenvalue weighted by atomic mass is 10.0. The Morgan fingerprint density at radius 1 is 0.938 bits per heavy atom. The summed E-state index contributed by atoms with van der Waals surface area (Å²) in [5, 5.41) is 1.82. The lowest BCUT2D eigenvalue weighted by Crippen LogP contribution is -1.77. The summed E-state index contributed by atoms with van der Waals surface area (Å²) in [6, 6.07) is 12.8. The van der Waals surface area contributed by atoms with Gasteiger partial charge < -0.3 is 0 Å². The summed E-state index contributed by atoms with van der Waals surface area (Å²) in [5.41, 5.74) is 0.558. The predicted molar refractivity (Wildman–Crippen MR) is 65.5 cm³/mol. The molecule has 2 aromatic rings. The summed E-state index contributed by atoms with van der Waals surface area (Å²) >= 11 is 0. The highest BCUT2D eigenvalue weighted by Crippen LogP contribution is 2.21. The van der Waals surface area contributed by atoms with Gasteiger partial charge in [-0.2, -0.15) is 8.78 Å². The molecule has 2 heteroatoms. The second-order valence-electron chi connectivity index (χ2n) is 3.00. The summed E-state index contributed by atoms with van der Waals surface area (Å²) in [6.07, 6.45) is -0.774. The smallest absolute Gasteiger partial charge is 0.173 e. The fourth-order valence-corrected chi connectivity index (χ4v) is 1.49. The number of fused-ring (bicyclic) bond motifs is 1. The molecule has 0 N–H and O–H groups in total. The Morgan fingerprint density at radius 3 is 2.25 bits per heavy atom. The van der Waals surface area contributed by atoms with Crippen molar-refractivity contribution in [2.24, 2.45) is 0 Å². The van der Waals surface area contributed by atoms with Gasteiger partial charge in [-0.3, -0.25) is 0 Å². The third-order valence-corrected chi connectivity index (χ3v) is 2.09. The zero-order valence-electron chi connectivity index (χ0n) is 9.37. The molecule has 0 aliphatic carbocycles. The Bertz CT molecular complexity index is 478. The number of hydrogen-bond donors (Lipinski definition) is 0. The molecular weight excluding hydrogens is 206 g/mol. The van der Waals surface area contributed by atoms with Crippen molar-refractivity contribution < 1.29 is 8.78 Å². The first-order valence-corrected chi connectivity index (χ1v) is 5.28. The van der Waals surface area contributed by atoms with E-state index in [0.29, 0.717) is 5.56 Å². The Kier molecular flexibility index (Phi) is 4.65. The summed E-state index contributed by atoms with van der Waals surface area (Å²) in [5.74, 6) is 0. The van der Waals surface area contributed by atoms with E-state index >= 15 is 0 Å². The van der Waals surface area contributed by atoms with Gasteiger partial charge in [0, 0.05) is 6.08 Å². The molecule has 2 aromatic carbocycles. The number of halogens is 2. The fourth-order valence-electron chi connectivity index (χ4n) is 1.49. The van der Waals surface area contributed by atoms with Gasteiger partial charge in [0.05, 0.1) is 0 Å². The van der Waals surface area contributed by atoms with E-state index in [-0.39, 0.29) is 0 Å². The van der Waals surface area contributed by atoms with Gasteiger partial charge in [0.2, 0.25) is 0 Å². The maximum atomic E-state index is 12.1. The van der Waals surface area contributed by atoms with Gasteiger partial charge in [-0.25, -0.2) is 0 Å². The average molecular weight is 220 g/mol. The van der Waals surface area contributed by atoms with E-state index in [0.717, 1.165) is 16.8 Å². The van der Waals surface area contributed by atoms with Crippen LogP contribution in [0.25, 0.3) is 16.8 Å². The Hall–Kier alpha value is -1.70. The maximum Gasteiger partial charge on any atom is 0.270 e. The van der Waals surface area contributed by atoms with Gasteiger partial charge in [0.25, 0.3) is 6.08 Å². The fraction of sp³-hybridized carbons (Fsp3) is 0.143. The highest BCUT2D eigenvalue weighted by Gasteiger charge is 1.98. The van der Waals surface area contributed by atoms with E-state index in [4.69, 9.17) is 0 Å². The molecule has 0 nitrogen and oxygen atoms in total. The summed E-state index contributed by atoms with van der Waals surface area (Å²) < 4.78 is 24.2. The van der Waals surface area contributed by atoms with Crippen LogP contribution in [0.1, 0.15) is 19.4 Å². The Labute approximate surface area is 94.2 Å². The third kappa shape index (κ3) is 2.89. The van der Waals surface area contributed by atoms with E-state index in [1.54, 1.807) is 12.1 Å². The van der Waals surface area contributed by atoms with E-state index < -0.39 is 6.08 Å². The Morgan fingerprint density at radius 2 is 1.56 bits per heavy atom. The number of benzene rings is 2. The van der Waals surface area contributed by atoms with Gasteiger partial charge in [-0.15, -0.1) is 0 Å². The van der Waals surface area contributed by atoms with Gasteiger partial charge in [-0.1, -0.05) is 56.3 Å². The molecule has 0 radical (unpaired) electrons. The lowest BCUT2D eigenvalue weighted by molar-refractivity contribution is 0.429. The van der Waals surface area contributed by atoms with Crippen LogP contribution >= 0.6 is 0 Å². The second kappa shape index (κ2) is 6.01. The minimum Gasteiger partial charge on any atom is -0.173 e. The first-order valence-electron chi connectivity index (χ1n) is 5.28. The molecule has 0 heterocycles. The van der Waals surface area contributed by atoms with Crippen molar-refractivity contribution >= 4 is 16.8 Å². The molecule has 0 spiro atoms. The van der Waals surface area contributed by atoms with Crippen LogP contribution in [0, 0.1) is 0 Å². The minimum atomic E-state index is -1.67. The zero-order valence-corrected chi connectivity index (χ0v) is 9.37. The maximum absolute atomic E-state index is 12.1. The molecule has 2 rings (SSSR count). The van der Waals surface area contributed by atoms with Crippen molar-refractivity contribution in [3.8, 4) is 0 Å². The average Bonchev–Trinajstić information content (AvgIpc) is 2.31. The molecule has 0 aliphatic rings. The molecule has 0 saturated heterocycles. The molecule has 0 fully saturated rings. The van der Waals surface area contributed by atoms with E-state index in [2.05, 4.69) is 0 Å². The lowest BCUT2D eigenvalue weighted by Gasteiger charge is -2.00. The molecule has 0 bridgehead atoms. The van der Waals surface area contributed by atoms with Gasteiger partial charge in [0.1, 0.15) is 0 Å².